The van der Waals surface area contributed by atoms with Gasteiger partial charge in [-0.15, -0.1) is 0 Å². The molecule has 2 aromatic carbocycles. The van der Waals surface area contributed by atoms with Crippen LogP contribution in [-0.2, 0) is 0 Å². The first-order chi connectivity index (χ1) is 13.7. The number of halogens is 1. The van der Waals surface area contributed by atoms with Crippen molar-refractivity contribution in [1.29, 1.82) is 0 Å². The molecule has 3 aromatic rings. The molecule has 6 heteroatoms. The van der Waals surface area contributed by atoms with Gasteiger partial charge in [-0.2, -0.15) is 0 Å². The molecule has 1 aliphatic heterocycles. The standard InChI is InChI=1S/C22H21BrN4O/c23-20-9-5-4-8-19(20)22(28)25-17-10-11-21(24-16-17)27-14-12-26(13-15-27)18-6-2-1-3-7-18/h1-11,16H,12-15H2,(H,25,28). The Bertz CT molecular complexity index is 938. The average molecular weight is 437 g/mol. The molecule has 1 aromatic heterocycles. The van der Waals surface area contributed by atoms with Crippen LogP contribution in [-0.4, -0.2) is 37.1 Å². The van der Waals surface area contributed by atoms with Crippen molar-refractivity contribution < 1.29 is 4.79 Å². The van der Waals surface area contributed by atoms with Crippen LogP contribution in [0.15, 0.2) is 77.4 Å². The lowest BCUT2D eigenvalue weighted by Gasteiger charge is -2.36. The highest BCUT2D eigenvalue weighted by molar-refractivity contribution is 9.10. The summed E-state index contributed by atoms with van der Waals surface area (Å²) in [6, 6.07) is 21.7. The molecule has 0 saturated carbocycles. The molecule has 0 atom stereocenters. The summed E-state index contributed by atoms with van der Waals surface area (Å²) in [6.45, 7) is 3.77. The largest absolute Gasteiger partial charge is 0.368 e. The smallest absolute Gasteiger partial charge is 0.256 e. The van der Waals surface area contributed by atoms with E-state index in [1.54, 1.807) is 12.3 Å². The first-order valence-corrected chi connectivity index (χ1v) is 10.1. The monoisotopic (exact) mass is 436 g/mol. The summed E-state index contributed by atoms with van der Waals surface area (Å²) in [4.78, 5) is 21.6. The number of piperazine rings is 1. The molecule has 1 N–H and O–H groups in total. The van der Waals surface area contributed by atoms with Crippen LogP contribution in [0.1, 0.15) is 10.4 Å². The lowest BCUT2D eigenvalue weighted by molar-refractivity contribution is 0.102. The highest BCUT2D eigenvalue weighted by Gasteiger charge is 2.18. The molecular weight excluding hydrogens is 416 g/mol. The number of hydrogen-bond acceptors (Lipinski definition) is 4. The van der Waals surface area contributed by atoms with Crippen molar-refractivity contribution in [1.82, 2.24) is 4.98 Å². The maximum Gasteiger partial charge on any atom is 0.256 e. The Morgan fingerprint density at radius 2 is 1.54 bits per heavy atom. The molecule has 0 aliphatic carbocycles. The Morgan fingerprint density at radius 1 is 0.857 bits per heavy atom. The fourth-order valence-corrected chi connectivity index (χ4v) is 3.79. The van der Waals surface area contributed by atoms with Crippen molar-refractivity contribution in [3.8, 4) is 0 Å². The van der Waals surface area contributed by atoms with Crippen LogP contribution in [0, 0.1) is 0 Å². The number of pyridine rings is 1. The van der Waals surface area contributed by atoms with Crippen molar-refractivity contribution in [2.45, 2.75) is 0 Å². The number of amides is 1. The molecule has 5 nitrogen and oxygen atoms in total. The van der Waals surface area contributed by atoms with Gasteiger partial charge in [-0.05, 0) is 52.3 Å². The highest BCUT2D eigenvalue weighted by atomic mass is 79.9. The topological polar surface area (TPSA) is 48.5 Å². The predicted octanol–water partition coefficient (Wildman–Crippen LogP) is 4.42. The first kappa shape index (κ1) is 18.5. The van der Waals surface area contributed by atoms with Crippen molar-refractivity contribution in [2.24, 2.45) is 0 Å². The molecule has 0 bridgehead atoms. The number of carbonyl (C=O) groups is 1. The zero-order valence-corrected chi connectivity index (χ0v) is 17.0. The quantitative estimate of drug-likeness (QED) is 0.657. The van der Waals surface area contributed by atoms with E-state index < -0.39 is 0 Å². The molecule has 28 heavy (non-hydrogen) atoms. The molecule has 0 radical (unpaired) electrons. The van der Waals surface area contributed by atoms with E-state index in [1.165, 1.54) is 5.69 Å². The van der Waals surface area contributed by atoms with E-state index >= 15 is 0 Å². The third-order valence-electron chi connectivity index (χ3n) is 4.85. The van der Waals surface area contributed by atoms with Crippen molar-refractivity contribution >= 4 is 39.0 Å². The lowest BCUT2D eigenvalue weighted by Crippen LogP contribution is -2.46. The number of aromatic nitrogens is 1. The van der Waals surface area contributed by atoms with Crippen LogP contribution in [0.4, 0.5) is 17.2 Å². The summed E-state index contributed by atoms with van der Waals surface area (Å²) < 4.78 is 0.772. The minimum Gasteiger partial charge on any atom is -0.368 e. The third kappa shape index (κ3) is 4.17. The second-order valence-corrected chi connectivity index (χ2v) is 7.50. The Labute approximate surface area is 173 Å². The number of rotatable bonds is 4. The van der Waals surface area contributed by atoms with Gasteiger partial charge in [0.2, 0.25) is 0 Å². The number of carbonyl (C=O) groups excluding carboxylic acids is 1. The van der Waals surface area contributed by atoms with Gasteiger partial charge in [-0.3, -0.25) is 4.79 Å². The van der Waals surface area contributed by atoms with Gasteiger partial charge in [0.1, 0.15) is 5.82 Å². The van der Waals surface area contributed by atoms with Crippen LogP contribution in [0.25, 0.3) is 0 Å². The summed E-state index contributed by atoms with van der Waals surface area (Å²) in [6.07, 6.45) is 1.72. The fourth-order valence-electron chi connectivity index (χ4n) is 3.32. The zero-order valence-electron chi connectivity index (χ0n) is 15.4. The summed E-state index contributed by atoms with van der Waals surface area (Å²) in [5.74, 6) is 0.783. The number of hydrogen-bond donors (Lipinski definition) is 1. The van der Waals surface area contributed by atoms with Gasteiger partial charge in [0.25, 0.3) is 5.91 Å². The van der Waals surface area contributed by atoms with E-state index in [4.69, 9.17) is 0 Å². The number of anilines is 3. The van der Waals surface area contributed by atoms with Crippen LogP contribution in [0.3, 0.4) is 0 Å². The van der Waals surface area contributed by atoms with Gasteiger partial charge in [0, 0.05) is 36.3 Å². The third-order valence-corrected chi connectivity index (χ3v) is 5.54. The van der Waals surface area contributed by atoms with Gasteiger partial charge >= 0.3 is 0 Å². The molecule has 1 amide bonds. The van der Waals surface area contributed by atoms with E-state index in [9.17, 15) is 4.79 Å². The van der Waals surface area contributed by atoms with E-state index in [1.807, 2.05) is 36.4 Å². The van der Waals surface area contributed by atoms with Gasteiger partial charge in [-0.25, -0.2) is 4.98 Å². The average Bonchev–Trinajstić information content (AvgIpc) is 2.75. The zero-order chi connectivity index (χ0) is 19.3. The van der Waals surface area contributed by atoms with Crippen molar-refractivity contribution in [3.63, 3.8) is 0 Å². The molecule has 4 rings (SSSR count). The molecule has 2 heterocycles. The van der Waals surface area contributed by atoms with E-state index in [-0.39, 0.29) is 5.91 Å². The maximum absolute atomic E-state index is 12.4. The Morgan fingerprint density at radius 3 is 2.21 bits per heavy atom. The van der Waals surface area contributed by atoms with Crippen molar-refractivity contribution in [2.75, 3.05) is 41.3 Å². The second-order valence-electron chi connectivity index (χ2n) is 6.65. The Kier molecular flexibility index (Phi) is 5.58. The van der Waals surface area contributed by atoms with Gasteiger partial charge in [0.05, 0.1) is 17.4 Å². The molecule has 1 aliphatic rings. The molecule has 0 spiro atoms. The van der Waals surface area contributed by atoms with E-state index in [0.717, 1.165) is 36.5 Å². The Balaban J connectivity index is 1.36. The fraction of sp³-hybridized carbons (Fsp3) is 0.182. The summed E-state index contributed by atoms with van der Waals surface area (Å²) in [5.41, 5.74) is 2.55. The van der Waals surface area contributed by atoms with Crippen LogP contribution in [0.2, 0.25) is 0 Å². The molecule has 1 fully saturated rings. The molecule has 0 unspecified atom stereocenters. The summed E-state index contributed by atoms with van der Waals surface area (Å²) in [7, 11) is 0. The normalized spacial score (nSPS) is 14.0. The Hall–Kier alpha value is -2.86. The second kappa shape index (κ2) is 8.44. The van der Waals surface area contributed by atoms with E-state index in [2.05, 4.69) is 60.3 Å². The maximum atomic E-state index is 12.4. The highest BCUT2D eigenvalue weighted by Crippen LogP contribution is 2.21. The number of benzene rings is 2. The number of nitrogens with one attached hydrogen (secondary N) is 1. The minimum absolute atomic E-state index is 0.154. The van der Waals surface area contributed by atoms with Gasteiger partial charge in [-0.1, -0.05) is 30.3 Å². The van der Waals surface area contributed by atoms with Crippen LogP contribution >= 0.6 is 15.9 Å². The van der Waals surface area contributed by atoms with Crippen LogP contribution in [0.5, 0.6) is 0 Å². The van der Waals surface area contributed by atoms with Gasteiger partial charge < -0.3 is 15.1 Å². The number of para-hydroxylation sites is 1. The first-order valence-electron chi connectivity index (χ1n) is 9.27. The van der Waals surface area contributed by atoms with Crippen LogP contribution < -0.4 is 15.1 Å². The lowest BCUT2D eigenvalue weighted by atomic mass is 10.2. The van der Waals surface area contributed by atoms with E-state index in [0.29, 0.717) is 11.3 Å². The summed E-state index contributed by atoms with van der Waals surface area (Å²) >= 11 is 3.41. The SMILES string of the molecule is O=C(Nc1ccc(N2CCN(c3ccccc3)CC2)nc1)c1ccccc1Br. The minimum atomic E-state index is -0.154. The summed E-state index contributed by atoms with van der Waals surface area (Å²) in [5, 5.41) is 2.90. The molecular formula is C22H21BrN4O. The van der Waals surface area contributed by atoms with Gasteiger partial charge in [0.15, 0.2) is 0 Å². The number of nitrogens with zero attached hydrogens (tertiary/aromatic N) is 3. The van der Waals surface area contributed by atoms with Crippen molar-refractivity contribution in [3.05, 3.63) is 83.0 Å². The molecule has 1 saturated heterocycles. The molecule has 142 valence electrons. The predicted molar refractivity (Wildman–Crippen MR) is 117 cm³/mol.